The number of nitrogens with zero attached hydrogens (tertiary/aromatic N) is 1. The molecule has 2 fully saturated rings. The number of rotatable bonds is 1. The molecule has 1 heterocycles. The molecule has 3 atom stereocenters. The zero-order valence-corrected chi connectivity index (χ0v) is 8.27. The molecule has 1 saturated heterocycles. The topological polar surface area (TPSA) is 57.6 Å². The Labute approximate surface area is 82.9 Å². The van der Waals surface area contributed by atoms with Gasteiger partial charge in [0.2, 0.25) is 5.91 Å². The fourth-order valence-electron chi connectivity index (χ4n) is 2.87. The Bertz CT molecular complexity index is 277. The lowest BCUT2D eigenvalue weighted by Gasteiger charge is -2.37. The van der Waals surface area contributed by atoms with Gasteiger partial charge in [-0.15, -0.1) is 0 Å². The number of carboxylic acid groups (broad SMARTS) is 1. The molecule has 0 aromatic heterocycles. The SMILES string of the molecule is CC(=O)N1C[C@@H]2CC[C@@H](C2)[C@@H]1C(=O)O. The van der Waals surface area contributed by atoms with Crippen LogP contribution in [-0.4, -0.2) is 34.5 Å². The molecule has 1 aliphatic heterocycles. The molecule has 78 valence electrons. The van der Waals surface area contributed by atoms with Crippen molar-refractivity contribution >= 4 is 11.9 Å². The molecule has 0 aromatic carbocycles. The van der Waals surface area contributed by atoms with Gasteiger partial charge in [-0.3, -0.25) is 4.79 Å². The first-order valence-corrected chi connectivity index (χ1v) is 5.09. The normalized spacial score (nSPS) is 35.8. The van der Waals surface area contributed by atoms with Gasteiger partial charge in [0.05, 0.1) is 0 Å². The Balaban J connectivity index is 2.23. The average molecular weight is 197 g/mol. The lowest BCUT2D eigenvalue weighted by molar-refractivity contribution is -0.154. The molecule has 2 bridgehead atoms. The number of hydrogen-bond acceptors (Lipinski definition) is 2. The average Bonchev–Trinajstić information content (AvgIpc) is 2.46. The number of carbonyl (C=O) groups is 2. The van der Waals surface area contributed by atoms with Crippen LogP contribution >= 0.6 is 0 Å². The number of piperidine rings is 1. The van der Waals surface area contributed by atoms with Crippen LogP contribution in [0, 0.1) is 11.8 Å². The van der Waals surface area contributed by atoms with Crippen molar-refractivity contribution in [3.05, 3.63) is 0 Å². The van der Waals surface area contributed by atoms with Crippen LogP contribution in [0.5, 0.6) is 0 Å². The van der Waals surface area contributed by atoms with E-state index in [2.05, 4.69) is 0 Å². The maximum absolute atomic E-state index is 11.3. The predicted octanol–water partition coefficient (Wildman–Crippen LogP) is 0.718. The van der Waals surface area contributed by atoms with E-state index >= 15 is 0 Å². The minimum absolute atomic E-state index is 0.103. The second-order valence-electron chi connectivity index (χ2n) is 4.39. The van der Waals surface area contributed by atoms with Gasteiger partial charge < -0.3 is 10.0 Å². The van der Waals surface area contributed by atoms with Crippen LogP contribution in [0.3, 0.4) is 0 Å². The van der Waals surface area contributed by atoms with Gasteiger partial charge in [-0.2, -0.15) is 0 Å². The molecule has 2 aliphatic rings. The lowest BCUT2D eigenvalue weighted by Crippen LogP contribution is -2.52. The summed E-state index contributed by atoms with van der Waals surface area (Å²) < 4.78 is 0. The van der Waals surface area contributed by atoms with Crippen molar-refractivity contribution in [3.63, 3.8) is 0 Å². The Morgan fingerprint density at radius 3 is 2.64 bits per heavy atom. The standard InChI is InChI=1S/C10H15NO3/c1-6(12)11-5-7-2-3-8(4-7)9(11)10(13)14/h7-9H,2-5H2,1H3,(H,13,14)/t7-,8+,9-/m1/s1. The van der Waals surface area contributed by atoms with Crippen LogP contribution in [0.1, 0.15) is 26.2 Å². The van der Waals surface area contributed by atoms with E-state index in [0.29, 0.717) is 12.5 Å². The highest BCUT2D eigenvalue weighted by Crippen LogP contribution is 2.40. The monoisotopic (exact) mass is 197 g/mol. The number of fused-ring (bicyclic) bond motifs is 2. The third-order valence-corrected chi connectivity index (χ3v) is 3.48. The molecule has 0 radical (unpaired) electrons. The molecule has 0 aromatic rings. The first kappa shape index (κ1) is 9.49. The molecule has 4 nitrogen and oxygen atoms in total. The smallest absolute Gasteiger partial charge is 0.326 e. The molecule has 14 heavy (non-hydrogen) atoms. The highest BCUT2D eigenvalue weighted by Gasteiger charge is 2.45. The van der Waals surface area contributed by atoms with Gasteiger partial charge in [-0.05, 0) is 31.1 Å². The number of carboxylic acids is 1. The summed E-state index contributed by atoms with van der Waals surface area (Å²) in [5.74, 6) is -0.214. The van der Waals surface area contributed by atoms with Crippen LogP contribution in [0.2, 0.25) is 0 Å². The highest BCUT2D eigenvalue weighted by atomic mass is 16.4. The van der Waals surface area contributed by atoms with Gasteiger partial charge in [-0.25, -0.2) is 4.79 Å². The van der Waals surface area contributed by atoms with E-state index in [0.717, 1.165) is 19.3 Å². The number of hydrogen-bond donors (Lipinski definition) is 1. The van der Waals surface area contributed by atoms with Crippen molar-refractivity contribution in [1.29, 1.82) is 0 Å². The molecule has 1 N–H and O–H groups in total. The van der Waals surface area contributed by atoms with E-state index < -0.39 is 12.0 Å². The molecule has 0 unspecified atom stereocenters. The first-order chi connectivity index (χ1) is 6.59. The number of likely N-dealkylation sites (tertiary alicyclic amines) is 1. The van der Waals surface area contributed by atoms with E-state index in [4.69, 9.17) is 5.11 Å². The van der Waals surface area contributed by atoms with E-state index in [9.17, 15) is 9.59 Å². The predicted molar refractivity (Wildman–Crippen MR) is 49.6 cm³/mol. The number of carbonyl (C=O) groups excluding carboxylic acids is 1. The van der Waals surface area contributed by atoms with Gasteiger partial charge in [0, 0.05) is 13.5 Å². The molecule has 1 amide bonds. The zero-order valence-electron chi connectivity index (χ0n) is 8.27. The van der Waals surface area contributed by atoms with Gasteiger partial charge in [0.15, 0.2) is 0 Å². The third kappa shape index (κ3) is 1.38. The third-order valence-electron chi connectivity index (χ3n) is 3.48. The number of aliphatic carboxylic acids is 1. The van der Waals surface area contributed by atoms with Crippen molar-refractivity contribution in [2.45, 2.75) is 32.2 Å². The van der Waals surface area contributed by atoms with Crippen molar-refractivity contribution in [2.24, 2.45) is 11.8 Å². The van der Waals surface area contributed by atoms with E-state index in [1.54, 1.807) is 0 Å². The van der Waals surface area contributed by atoms with Gasteiger partial charge in [-0.1, -0.05) is 0 Å². The second-order valence-corrected chi connectivity index (χ2v) is 4.39. The summed E-state index contributed by atoms with van der Waals surface area (Å²) in [6.45, 7) is 2.10. The summed E-state index contributed by atoms with van der Waals surface area (Å²) in [5, 5.41) is 9.08. The number of amides is 1. The van der Waals surface area contributed by atoms with Crippen molar-refractivity contribution < 1.29 is 14.7 Å². The highest BCUT2D eigenvalue weighted by molar-refractivity contribution is 5.83. The molecule has 1 saturated carbocycles. The fraction of sp³-hybridized carbons (Fsp3) is 0.800. The summed E-state index contributed by atoms with van der Waals surface area (Å²) in [6, 6.07) is -0.564. The van der Waals surface area contributed by atoms with Gasteiger partial charge in [0.1, 0.15) is 6.04 Å². The molecule has 2 rings (SSSR count). The minimum atomic E-state index is -0.842. The largest absolute Gasteiger partial charge is 0.480 e. The molecule has 1 aliphatic carbocycles. The van der Waals surface area contributed by atoms with E-state index in [1.165, 1.54) is 11.8 Å². The lowest BCUT2D eigenvalue weighted by atomic mass is 9.90. The fourth-order valence-corrected chi connectivity index (χ4v) is 2.87. The van der Waals surface area contributed by atoms with E-state index in [-0.39, 0.29) is 11.8 Å². The Hall–Kier alpha value is -1.06. The summed E-state index contributed by atoms with van der Waals surface area (Å²) in [4.78, 5) is 23.9. The molecule has 0 spiro atoms. The summed E-state index contributed by atoms with van der Waals surface area (Å²) in [7, 11) is 0. The van der Waals surface area contributed by atoms with Crippen molar-refractivity contribution in [3.8, 4) is 0 Å². The Kier molecular flexibility index (Phi) is 2.21. The van der Waals surface area contributed by atoms with Crippen molar-refractivity contribution in [2.75, 3.05) is 6.54 Å². The maximum Gasteiger partial charge on any atom is 0.326 e. The van der Waals surface area contributed by atoms with Gasteiger partial charge >= 0.3 is 5.97 Å². The van der Waals surface area contributed by atoms with Crippen LogP contribution in [0.15, 0.2) is 0 Å². The second kappa shape index (κ2) is 3.26. The van der Waals surface area contributed by atoms with Crippen LogP contribution in [0.25, 0.3) is 0 Å². The zero-order chi connectivity index (χ0) is 10.3. The van der Waals surface area contributed by atoms with Crippen molar-refractivity contribution in [1.82, 2.24) is 4.90 Å². The molecular weight excluding hydrogens is 182 g/mol. The summed E-state index contributed by atoms with van der Waals surface area (Å²) in [6.07, 6.45) is 3.03. The van der Waals surface area contributed by atoms with Gasteiger partial charge in [0.25, 0.3) is 0 Å². The summed E-state index contributed by atoms with van der Waals surface area (Å²) >= 11 is 0. The Morgan fingerprint density at radius 1 is 1.36 bits per heavy atom. The first-order valence-electron chi connectivity index (χ1n) is 5.09. The molecule has 4 heteroatoms. The minimum Gasteiger partial charge on any atom is -0.480 e. The van der Waals surface area contributed by atoms with Crippen LogP contribution in [-0.2, 0) is 9.59 Å². The summed E-state index contributed by atoms with van der Waals surface area (Å²) in [5.41, 5.74) is 0. The van der Waals surface area contributed by atoms with Crippen LogP contribution < -0.4 is 0 Å². The maximum atomic E-state index is 11.3. The van der Waals surface area contributed by atoms with Crippen LogP contribution in [0.4, 0.5) is 0 Å². The quantitative estimate of drug-likeness (QED) is 0.673. The Morgan fingerprint density at radius 2 is 2.07 bits per heavy atom. The van der Waals surface area contributed by atoms with E-state index in [1.807, 2.05) is 0 Å². The molecular formula is C10H15NO3.